The molecule has 9 heteroatoms. The molecule has 0 fully saturated rings. The van der Waals surface area contributed by atoms with Gasteiger partial charge in [0.25, 0.3) is 0 Å². The Labute approximate surface area is 162 Å². The van der Waals surface area contributed by atoms with Crippen LogP contribution < -0.4 is 15.4 Å². The molecule has 0 unspecified atom stereocenters. The van der Waals surface area contributed by atoms with Gasteiger partial charge >= 0.3 is 6.55 Å². The van der Waals surface area contributed by atoms with E-state index in [2.05, 4.69) is 20.6 Å². The first-order valence-electron chi connectivity index (χ1n) is 7.59. The Morgan fingerprint density at radius 3 is 2.84 bits per heavy atom. The van der Waals surface area contributed by atoms with E-state index in [9.17, 15) is 8.78 Å². The molecule has 138 valence electrons. The number of benzene rings is 1. The van der Waals surface area contributed by atoms with Crippen LogP contribution >= 0.6 is 24.0 Å². The third-order valence-electron chi connectivity index (χ3n) is 3.27. The predicted octanol–water partition coefficient (Wildman–Crippen LogP) is 3.16. The first-order chi connectivity index (χ1) is 11.6. The largest absolute Gasteiger partial charge is 0.497 e. The molecule has 1 aromatic heterocycles. The van der Waals surface area contributed by atoms with Crippen LogP contribution in [0.3, 0.4) is 0 Å². The highest BCUT2D eigenvalue weighted by Gasteiger charge is 2.11. The molecule has 0 saturated carbocycles. The minimum Gasteiger partial charge on any atom is -0.497 e. The van der Waals surface area contributed by atoms with E-state index in [1.165, 1.54) is 12.4 Å². The Bertz CT molecular complexity index is 678. The molecule has 0 aliphatic carbocycles. The summed E-state index contributed by atoms with van der Waals surface area (Å²) in [4.78, 5) is 8.38. The molecule has 0 atom stereocenters. The van der Waals surface area contributed by atoms with E-state index in [4.69, 9.17) is 4.74 Å². The van der Waals surface area contributed by atoms with Gasteiger partial charge in [0, 0.05) is 18.9 Å². The summed E-state index contributed by atoms with van der Waals surface area (Å²) in [5, 5.41) is 6.08. The summed E-state index contributed by atoms with van der Waals surface area (Å²) in [5.41, 5.74) is 0.987. The van der Waals surface area contributed by atoms with Crippen molar-refractivity contribution >= 4 is 29.9 Å². The van der Waals surface area contributed by atoms with Gasteiger partial charge in [0.1, 0.15) is 11.6 Å². The van der Waals surface area contributed by atoms with E-state index in [1.807, 2.05) is 31.2 Å². The normalized spacial score (nSPS) is 11.2. The molecule has 1 aromatic carbocycles. The number of hydrogen-bond donors (Lipinski definition) is 2. The molecule has 0 amide bonds. The van der Waals surface area contributed by atoms with Crippen LogP contribution in [0.4, 0.5) is 8.78 Å². The zero-order chi connectivity index (χ0) is 17.4. The zero-order valence-electron chi connectivity index (χ0n) is 14.1. The molecule has 0 saturated heterocycles. The predicted molar refractivity (Wildman–Crippen MR) is 104 cm³/mol. The second-order valence-electron chi connectivity index (χ2n) is 4.93. The summed E-state index contributed by atoms with van der Waals surface area (Å²) in [7, 11) is 1.61. The molecule has 2 rings (SSSR count). The van der Waals surface area contributed by atoms with Crippen LogP contribution in [0.5, 0.6) is 5.75 Å². The van der Waals surface area contributed by atoms with E-state index in [1.54, 1.807) is 7.11 Å². The number of nitrogens with one attached hydrogen (secondary N) is 2. The first kappa shape index (κ1) is 21.1. The minimum absolute atomic E-state index is 0. The summed E-state index contributed by atoms with van der Waals surface area (Å²) in [5.74, 6) is 1.54. The average molecular weight is 465 g/mol. The fourth-order valence-corrected chi connectivity index (χ4v) is 2.10. The Balaban J connectivity index is 0.00000312. The van der Waals surface area contributed by atoms with E-state index < -0.39 is 6.55 Å². The lowest BCUT2D eigenvalue weighted by atomic mass is 10.2. The maximum absolute atomic E-state index is 12.8. The summed E-state index contributed by atoms with van der Waals surface area (Å²) in [6.07, 6.45) is 2.60. The van der Waals surface area contributed by atoms with Gasteiger partial charge in [-0.2, -0.15) is 8.78 Å². The summed E-state index contributed by atoms with van der Waals surface area (Å²) < 4.78 is 31.6. The van der Waals surface area contributed by atoms with Crippen molar-refractivity contribution in [2.45, 2.75) is 26.6 Å². The van der Waals surface area contributed by atoms with Crippen LogP contribution in [-0.4, -0.2) is 29.2 Å². The zero-order valence-corrected chi connectivity index (χ0v) is 16.4. The van der Waals surface area contributed by atoms with Gasteiger partial charge in [0.2, 0.25) is 0 Å². The lowest BCUT2D eigenvalue weighted by Crippen LogP contribution is -2.37. The van der Waals surface area contributed by atoms with Gasteiger partial charge in [-0.15, -0.1) is 24.0 Å². The van der Waals surface area contributed by atoms with Crippen molar-refractivity contribution in [1.82, 2.24) is 20.2 Å². The van der Waals surface area contributed by atoms with Crippen molar-refractivity contribution in [2.24, 2.45) is 4.99 Å². The maximum atomic E-state index is 12.8. The highest BCUT2D eigenvalue weighted by molar-refractivity contribution is 14.0. The lowest BCUT2D eigenvalue weighted by molar-refractivity contribution is 0.0668. The van der Waals surface area contributed by atoms with E-state index in [0.717, 1.165) is 15.9 Å². The standard InChI is InChI=1S/C16H21F2N5O.HI/c1-3-19-16(21-10-12-5-4-6-13(9-12)24-2)22-11-14-20-7-8-23(14)15(17)18;/h4-9,15H,3,10-11H2,1-2H3,(H2,19,21,22);1H. The van der Waals surface area contributed by atoms with Gasteiger partial charge in [0.15, 0.2) is 5.96 Å². The fraction of sp³-hybridized carbons (Fsp3) is 0.375. The fourth-order valence-electron chi connectivity index (χ4n) is 2.10. The minimum atomic E-state index is -2.61. The smallest absolute Gasteiger partial charge is 0.319 e. The van der Waals surface area contributed by atoms with E-state index in [-0.39, 0.29) is 36.3 Å². The van der Waals surface area contributed by atoms with Crippen molar-refractivity contribution in [2.75, 3.05) is 13.7 Å². The van der Waals surface area contributed by atoms with Crippen molar-refractivity contribution in [1.29, 1.82) is 0 Å². The monoisotopic (exact) mass is 465 g/mol. The molecule has 0 aliphatic rings. The molecule has 0 spiro atoms. The molecule has 25 heavy (non-hydrogen) atoms. The molecule has 6 nitrogen and oxygen atoms in total. The number of rotatable bonds is 7. The number of aliphatic imine (C=N–C) groups is 1. The number of hydrogen-bond acceptors (Lipinski definition) is 3. The Kier molecular flexibility index (Phi) is 9.17. The topological polar surface area (TPSA) is 63.5 Å². The first-order valence-corrected chi connectivity index (χ1v) is 7.59. The number of aromatic nitrogens is 2. The van der Waals surface area contributed by atoms with Crippen LogP contribution in [-0.2, 0) is 13.1 Å². The Hall–Kier alpha value is -1.91. The van der Waals surface area contributed by atoms with Gasteiger partial charge in [-0.1, -0.05) is 12.1 Å². The molecular weight excluding hydrogens is 443 g/mol. The number of methoxy groups -OCH3 is 1. The van der Waals surface area contributed by atoms with Crippen molar-refractivity contribution in [3.05, 3.63) is 48.0 Å². The summed E-state index contributed by atoms with van der Waals surface area (Å²) in [6.45, 7) is 0.577. The van der Waals surface area contributed by atoms with Crippen LogP contribution in [0.15, 0.2) is 41.7 Å². The van der Waals surface area contributed by atoms with Crippen LogP contribution in [0, 0.1) is 0 Å². The Morgan fingerprint density at radius 2 is 2.16 bits per heavy atom. The number of guanidine groups is 1. The van der Waals surface area contributed by atoms with Gasteiger partial charge < -0.3 is 15.4 Å². The van der Waals surface area contributed by atoms with Gasteiger partial charge in [0.05, 0.1) is 20.2 Å². The maximum Gasteiger partial charge on any atom is 0.319 e. The SMILES string of the molecule is CCNC(=NCc1cccc(OC)c1)NCc1nccn1C(F)F.I. The van der Waals surface area contributed by atoms with E-state index >= 15 is 0 Å². The van der Waals surface area contributed by atoms with Crippen LogP contribution in [0.1, 0.15) is 24.9 Å². The van der Waals surface area contributed by atoms with Gasteiger partial charge in [-0.05, 0) is 24.6 Å². The van der Waals surface area contributed by atoms with Crippen molar-refractivity contribution in [3.63, 3.8) is 0 Å². The van der Waals surface area contributed by atoms with Crippen LogP contribution in [0.25, 0.3) is 0 Å². The number of halogens is 3. The molecule has 0 aliphatic heterocycles. The molecule has 2 aromatic rings. The van der Waals surface area contributed by atoms with Crippen molar-refractivity contribution < 1.29 is 13.5 Å². The van der Waals surface area contributed by atoms with Crippen LogP contribution in [0.2, 0.25) is 0 Å². The van der Waals surface area contributed by atoms with Gasteiger partial charge in [-0.25, -0.2) is 9.98 Å². The summed E-state index contributed by atoms with van der Waals surface area (Å²) >= 11 is 0. The highest BCUT2D eigenvalue weighted by Crippen LogP contribution is 2.13. The molecular formula is C16H22F2IN5O. The second-order valence-corrected chi connectivity index (χ2v) is 4.93. The quantitative estimate of drug-likeness (QED) is 0.375. The Morgan fingerprint density at radius 1 is 1.36 bits per heavy atom. The van der Waals surface area contributed by atoms with Gasteiger partial charge in [-0.3, -0.25) is 4.57 Å². The highest BCUT2D eigenvalue weighted by atomic mass is 127. The average Bonchev–Trinajstić information content (AvgIpc) is 3.06. The molecule has 1 heterocycles. The van der Waals surface area contributed by atoms with E-state index in [0.29, 0.717) is 19.0 Å². The molecule has 2 N–H and O–H groups in total. The van der Waals surface area contributed by atoms with Crippen molar-refractivity contribution in [3.8, 4) is 5.75 Å². The summed E-state index contributed by atoms with van der Waals surface area (Å²) in [6, 6.07) is 7.60. The second kappa shape index (κ2) is 10.9. The number of alkyl halides is 2. The number of nitrogens with zero attached hydrogens (tertiary/aromatic N) is 3. The number of ether oxygens (including phenoxy) is 1. The third kappa shape index (κ3) is 6.48. The number of imidazole rings is 1. The molecule has 0 bridgehead atoms. The molecule has 0 radical (unpaired) electrons. The lowest BCUT2D eigenvalue weighted by Gasteiger charge is -2.12. The third-order valence-corrected chi connectivity index (χ3v) is 3.27.